The molecule has 1 saturated heterocycles. The number of hydrogen-bond acceptors (Lipinski definition) is 2. The van der Waals surface area contributed by atoms with Crippen LogP contribution in [0.1, 0.15) is 36.4 Å². The molecular formula is C17H21NS. The molecule has 0 spiro atoms. The van der Waals surface area contributed by atoms with Gasteiger partial charge in [0.1, 0.15) is 0 Å². The van der Waals surface area contributed by atoms with E-state index < -0.39 is 0 Å². The van der Waals surface area contributed by atoms with E-state index in [-0.39, 0.29) is 0 Å². The highest BCUT2D eigenvalue weighted by Gasteiger charge is 2.25. The van der Waals surface area contributed by atoms with Crippen LogP contribution in [0.25, 0.3) is 0 Å². The van der Waals surface area contributed by atoms with Crippen molar-refractivity contribution in [2.75, 3.05) is 13.1 Å². The molecule has 1 atom stereocenters. The molecule has 100 valence electrons. The van der Waals surface area contributed by atoms with Crippen molar-refractivity contribution in [3.8, 4) is 0 Å². The van der Waals surface area contributed by atoms with Crippen LogP contribution < -0.4 is 0 Å². The molecule has 0 aliphatic carbocycles. The number of aryl methyl sites for hydroxylation is 1. The minimum absolute atomic E-state index is 0.682. The van der Waals surface area contributed by atoms with Crippen molar-refractivity contribution in [2.45, 2.75) is 31.7 Å². The molecule has 1 unspecified atom stereocenters. The molecule has 0 bridgehead atoms. The fraction of sp³-hybridized carbons (Fsp3) is 0.412. The zero-order valence-corrected chi connectivity index (χ0v) is 12.1. The Balaban J connectivity index is 1.52. The molecule has 0 radical (unpaired) electrons. The van der Waals surface area contributed by atoms with Crippen molar-refractivity contribution >= 4 is 11.3 Å². The van der Waals surface area contributed by atoms with Gasteiger partial charge in [0, 0.05) is 6.04 Å². The van der Waals surface area contributed by atoms with E-state index >= 15 is 0 Å². The first kappa shape index (κ1) is 12.9. The molecular weight excluding hydrogens is 250 g/mol. The molecule has 2 heteroatoms. The predicted molar refractivity (Wildman–Crippen MR) is 82.6 cm³/mol. The van der Waals surface area contributed by atoms with Crippen molar-refractivity contribution in [3.63, 3.8) is 0 Å². The van der Waals surface area contributed by atoms with E-state index in [0.717, 1.165) is 0 Å². The van der Waals surface area contributed by atoms with E-state index in [9.17, 15) is 0 Å². The lowest BCUT2D eigenvalue weighted by Crippen LogP contribution is -2.24. The van der Waals surface area contributed by atoms with Gasteiger partial charge in [0.25, 0.3) is 0 Å². The lowest BCUT2D eigenvalue weighted by atomic mass is 10.1. The maximum Gasteiger partial charge on any atom is 0.0356 e. The summed E-state index contributed by atoms with van der Waals surface area (Å²) in [7, 11) is 0. The third-order valence-corrected chi connectivity index (χ3v) is 4.75. The van der Waals surface area contributed by atoms with Crippen LogP contribution in [0.15, 0.2) is 47.2 Å². The van der Waals surface area contributed by atoms with Gasteiger partial charge in [-0.3, -0.25) is 4.90 Å². The molecule has 1 aliphatic heterocycles. The Labute approximate surface area is 119 Å². The van der Waals surface area contributed by atoms with Crippen molar-refractivity contribution < 1.29 is 0 Å². The highest BCUT2D eigenvalue weighted by Crippen LogP contribution is 2.32. The van der Waals surface area contributed by atoms with Crippen molar-refractivity contribution in [1.82, 2.24) is 4.90 Å². The Hall–Kier alpha value is -1.12. The topological polar surface area (TPSA) is 3.24 Å². The smallest absolute Gasteiger partial charge is 0.0356 e. The van der Waals surface area contributed by atoms with Gasteiger partial charge in [0.15, 0.2) is 0 Å². The van der Waals surface area contributed by atoms with Gasteiger partial charge in [-0.2, -0.15) is 11.3 Å². The Morgan fingerprint density at radius 2 is 2.05 bits per heavy atom. The molecule has 19 heavy (non-hydrogen) atoms. The average Bonchev–Trinajstić information content (AvgIpc) is 3.10. The van der Waals surface area contributed by atoms with Gasteiger partial charge >= 0.3 is 0 Å². The maximum absolute atomic E-state index is 2.67. The van der Waals surface area contributed by atoms with Crippen LogP contribution >= 0.6 is 11.3 Å². The Kier molecular flexibility index (Phi) is 4.31. The molecule has 1 fully saturated rings. The van der Waals surface area contributed by atoms with Gasteiger partial charge in [0.05, 0.1) is 0 Å². The van der Waals surface area contributed by atoms with Crippen LogP contribution in [0, 0.1) is 0 Å². The number of thiophene rings is 1. The summed E-state index contributed by atoms with van der Waals surface area (Å²) < 4.78 is 0. The second-order valence-corrected chi connectivity index (χ2v) is 6.12. The second kappa shape index (κ2) is 6.36. The number of nitrogens with zero attached hydrogens (tertiary/aromatic N) is 1. The standard InChI is InChI=1S/C17H21NS/c1-2-6-15(7-3-1)8-4-11-18-12-5-9-17(18)16-10-13-19-14-16/h1-3,6-7,10,13-14,17H,4-5,8-9,11-12H2. The summed E-state index contributed by atoms with van der Waals surface area (Å²) in [5, 5.41) is 4.52. The molecule has 1 aromatic heterocycles. The van der Waals surface area contributed by atoms with Gasteiger partial charge in [-0.25, -0.2) is 0 Å². The summed E-state index contributed by atoms with van der Waals surface area (Å²) in [6, 6.07) is 13.8. The molecule has 3 rings (SSSR count). The van der Waals surface area contributed by atoms with Crippen LogP contribution in [-0.4, -0.2) is 18.0 Å². The molecule has 1 aromatic carbocycles. The van der Waals surface area contributed by atoms with Crippen LogP contribution in [0.2, 0.25) is 0 Å². The lowest BCUT2D eigenvalue weighted by molar-refractivity contribution is 0.254. The van der Waals surface area contributed by atoms with Crippen molar-refractivity contribution in [1.29, 1.82) is 0 Å². The van der Waals surface area contributed by atoms with E-state index in [2.05, 4.69) is 52.1 Å². The van der Waals surface area contributed by atoms with Crippen LogP contribution in [-0.2, 0) is 6.42 Å². The highest BCUT2D eigenvalue weighted by atomic mass is 32.1. The second-order valence-electron chi connectivity index (χ2n) is 5.34. The number of rotatable bonds is 5. The zero-order chi connectivity index (χ0) is 12.9. The fourth-order valence-electron chi connectivity index (χ4n) is 3.07. The molecule has 1 aliphatic rings. The summed E-state index contributed by atoms with van der Waals surface area (Å²) in [5.41, 5.74) is 3.00. The van der Waals surface area contributed by atoms with Gasteiger partial charge in [-0.15, -0.1) is 0 Å². The van der Waals surface area contributed by atoms with Gasteiger partial charge in [-0.05, 0) is 66.7 Å². The third kappa shape index (κ3) is 3.26. The molecule has 2 heterocycles. The highest BCUT2D eigenvalue weighted by molar-refractivity contribution is 7.07. The average molecular weight is 271 g/mol. The lowest BCUT2D eigenvalue weighted by Gasteiger charge is -2.23. The van der Waals surface area contributed by atoms with E-state index in [1.54, 1.807) is 0 Å². The predicted octanol–water partition coefficient (Wildman–Crippen LogP) is 4.52. The SMILES string of the molecule is c1ccc(CCCN2CCCC2c2ccsc2)cc1. The summed E-state index contributed by atoms with van der Waals surface area (Å²) >= 11 is 1.82. The van der Waals surface area contributed by atoms with Gasteiger partial charge in [-0.1, -0.05) is 30.3 Å². The number of benzene rings is 1. The summed E-state index contributed by atoms with van der Waals surface area (Å²) in [4.78, 5) is 2.67. The molecule has 0 N–H and O–H groups in total. The zero-order valence-electron chi connectivity index (χ0n) is 11.3. The first-order valence-electron chi connectivity index (χ1n) is 7.23. The summed E-state index contributed by atoms with van der Waals surface area (Å²) in [6.45, 7) is 2.50. The first-order chi connectivity index (χ1) is 9.43. The van der Waals surface area contributed by atoms with Crippen LogP contribution in [0.3, 0.4) is 0 Å². The molecule has 0 saturated carbocycles. The number of hydrogen-bond donors (Lipinski definition) is 0. The Bertz CT molecular complexity index is 477. The molecule has 0 amide bonds. The third-order valence-electron chi connectivity index (χ3n) is 4.05. The fourth-order valence-corrected chi connectivity index (χ4v) is 3.77. The number of likely N-dealkylation sites (tertiary alicyclic amines) is 1. The Morgan fingerprint density at radius 3 is 2.84 bits per heavy atom. The van der Waals surface area contributed by atoms with Crippen LogP contribution in [0.4, 0.5) is 0 Å². The van der Waals surface area contributed by atoms with Gasteiger partial charge < -0.3 is 0 Å². The monoisotopic (exact) mass is 271 g/mol. The normalized spacial score (nSPS) is 19.9. The van der Waals surface area contributed by atoms with E-state index in [1.807, 2.05) is 11.3 Å². The van der Waals surface area contributed by atoms with Crippen molar-refractivity contribution in [3.05, 3.63) is 58.3 Å². The van der Waals surface area contributed by atoms with Crippen LogP contribution in [0.5, 0.6) is 0 Å². The van der Waals surface area contributed by atoms with Crippen molar-refractivity contribution in [2.24, 2.45) is 0 Å². The largest absolute Gasteiger partial charge is 0.296 e. The molecule has 2 aromatic rings. The van der Waals surface area contributed by atoms with Gasteiger partial charge in [0.2, 0.25) is 0 Å². The van der Waals surface area contributed by atoms with E-state index in [1.165, 1.54) is 49.9 Å². The molecule has 1 nitrogen and oxygen atoms in total. The minimum atomic E-state index is 0.682. The quantitative estimate of drug-likeness (QED) is 0.773. The summed E-state index contributed by atoms with van der Waals surface area (Å²) in [5.74, 6) is 0. The minimum Gasteiger partial charge on any atom is -0.296 e. The summed E-state index contributed by atoms with van der Waals surface area (Å²) in [6.07, 6.45) is 5.16. The first-order valence-corrected chi connectivity index (χ1v) is 8.18. The van der Waals surface area contributed by atoms with E-state index in [4.69, 9.17) is 0 Å². The maximum atomic E-state index is 2.67. The Morgan fingerprint density at radius 1 is 1.16 bits per heavy atom. The van der Waals surface area contributed by atoms with E-state index in [0.29, 0.717) is 6.04 Å².